The van der Waals surface area contributed by atoms with Crippen LogP contribution in [0.3, 0.4) is 0 Å². The Morgan fingerprint density at radius 2 is 2.24 bits per heavy atom. The molecule has 0 amide bonds. The molecule has 0 spiro atoms. The fourth-order valence-corrected chi connectivity index (χ4v) is 2.41. The van der Waals surface area contributed by atoms with Crippen LogP contribution in [0.2, 0.25) is 0 Å². The Bertz CT molecular complexity index is 488. The van der Waals surface area contributed by atoms with Crippen LogP contribution >= 0.6 is 0 Å². The molecule has 0 unspecified atom stereocenters. The average molecular weight is 227 g/mol. The zero-order valence-corrected chi connectivity index (χ0v) is 10.1. The maximum atomic E-state index is 5.81. The van der Waals surface area contributed by atoms with Crippen LogP contribution < -0.4 is 4.74 Å². The molecule has 1 heterocycles. The zero-order chi connectivity index (χ0) is 11.7. The van der Waals surface area contributed by atoms with Gasteiger partial charge in [0.25, 0.3) is 0 Å². The van der Waals surface area contributed by atoms with Gasteiger partial charge in [0.2, 0.25) is 0 Å². The Labute approximate surface area is 102 Å². The minimum atomic E-state index is 0.676. The van der Waals surface area contributed by atoms with Crippen molar-refractivity contribution in [2.75, 3.05) is 6.73 Å². The largest absolute Gasteiger partial charge is 0.473 e. The number of fused-ring (bicyclic) bond motifs is 1. The van der Waals surface area contributed by atoms with Crippen LogP contribution in [0.5, 0.6) is 5.75 Å². The van der Waals surface area contributed by atoms with E-state index >= 15 is 0 Å². The molecule has 0 aromatic heterocycles. The van der Waals surface area contributed by atoms with Crippen molar-refractivity contribution in [2.45, 2.75) is 26.3 Å². The molecular weight excluding hydrogens is 210 g/mol. The van der Waals surface area contributed by atoms with Crippen molar-refractivity contribution in [1.29, 1.82) is 0 Å². The highest BCUT2D eigenvalue weighted by molar-refractivity contribution is 5.38. The van der Waals surface area contributed by atoms with Crippen LogP contribution in [0, 0.1) is 6.92 Å². The summed E-state index contributed by atoms with van der Waals surface area (Å²) in [6.07, 6.45) is 8.83. The first-order chi connectivity index (χ1) is 8.33. The Morgan fingerprint density at radius 1 is 1.29 bits per heavy atom. The third-order valence-corrected chi connectivity index (χ3v) is 3.35. The van der Waals surface area contributed by atoms with Crippen LogP contribution in [-0.4, -0.2) is 11.6 Å². The fourth-order valence-electron chi connectivity index (χ4n) is 2.41. The van der Waals surface area contributed by atoms with E-state index in [2.05, 4.69) is 48.3 Å². The topological polar surface area (TPSA) is 12.5 Å². The van der Waals surface area contributed by atoms with Crippen LogP contribution in [0.15, 0.2) is 42.1 Å². The Kier molecular flexibility index (Phi) is 2.63. The van der Waals surface area contributed by atoms with Crippen molar-refractivity contribution in [2.24, 2.45) is 0 Å². The molecular formula is C15H17NO. The summed E-state index contributed by atoms with van der Waals surface area (Å²) in [4.78, 5) is 2.32. The lowest BCUT2D eigenvalue weighted by atomic mass is 10.1. The standard InChI is InChI=1S/C15H17NO/c1-12-7-8-15-13(9-12)10-16(11-17-15)14-5-3-2-4-6-14/h2-3,5,7-9H,4,6,10-11H2,1H3. The summed E-state index contributed by atoms with van der Waals surface area (Å²) >= 11 is 0. The van der Waals surface area contributed by atoms with E-state index in [0.717, 1.165) is 25.1 Å². The second-order valence-electron chi connectivity index (χ2n) is 4.71. The molecule has 0 radical (unpaired) electrons. The molecule has 1 aromatic rings. The van der Waals surface area contributed by atoms with Crippen LogP contribution in [0.1, 0.15) is 24.0 Å². The van der Waals surface area contributed by atoms with Gasteiger partial charge in [0.1, 0.15) is 5.75 Å². The number of hydrogen-bond acceptors (Lipinski definition) is 2. The lowest BCUT2D eigenvalue weighted by Gasteiger charge is -2.33. The fraction of sp³-hybridized carbons (Fsp3) is 0.333. The van der Waals surface area contributed by atoms with Gasteiger partial charge in [0.15, 0.2) is 6.73 Å². The van der Waals surface area contributed by atoms with E-state index in [0.29, 0.717) is 6.73 Å². The molecule has 1 aliphatic heterocycles. The number of nitrogens with zero attached hydrogens (tertiary/aromatic N) is 1. The lowest BCUT2D eigenvalue weighted by molar-refractivity contribution is 0.124. The summed E-state index contributed by atoms with van der Waals surface area (Å²) in [5.74, 6) is 1.04. The van der Waals surface area contributed by atoms with Gasteiger partial charge >= 0.3 is 0 Å². The van der Waals surface area contributed by atoms with Gasteiger partial charge in [0.05, 0.1) is 0 Å². The molecule has 2 aliphatic rings. The Hall–Kier alpha value is -1.70. The summed E-state index contributed by atoms with van der Waals surface area (Å²) in [5.41, 5.74) is 3.98. The highest BCUT2D eigenvalue weighted by atomic mass is 16.5. The van der Waals surface area contributed by atoms with Crippen LogP contribution in [0.4, 0.5) is 0 Å². The van der Waals surface area contributed by atoms with Crippen molar-refractivity contribution < 1.29 is 4.74 Å². The quantitative estimate of drug-likeness (QED) is 0.729. The van der Waals surface area contributed by atoms with Gasteiger partial charge in [-0.3, -0.25) is 0 Å². The van der Waals surface area contributed by atoms with Gasteiger partial charge in [-0.15, -0.1) is 0 Å². The second kappa shape index (κ2) is 4.28. The van der Waals surface area contributed by atoms with E-state index < -0.39 is 0 Å². The molecule has 0 saturated heterocycles. The molecule has 1 aliphatic carbocycles. The number of benzene rings is 1. The molecule has 2 nitrogen and oxygen atoms in total. The lowest BCUT2D eigenvalue weighted by Crippen LogP contribution is -2.31. The van der Waals surface area contributed by atoms with E-state index in [4.69, 9.17) is 4.74 Å². The highest BCUT2D eigenvalue weighted by Gasteiger charge is 2.19. The van der Waals surface area contributed by atoms with Crippen molar-refractivity contribution in [3.05, 3.63) is 53.3 Å². The van der Waals surface area contributed by atoms with Gasteiger partial charge in [-0.1, -0.05) is 29.8 Å². The molecule has 0 saturated carbocycles. The zero-order valence-electron chi connectivity index (χ0n) is 10.1. The summed E-state index contributed by atoms with van der Waals surface area (Å²) in [6.45, 7) is 3.77. The van der Waals surface area contributed by atoms with E-state index in [1.54, 1.807) is 0 Å². The molecule has 88 valence electrons. The molecule has 0 bridgehead atoms. The average Bonchev–Trinajstić information content (AvgIpc) is 2.39. The summed E-state index contributed by atoms with van der Waals surface area (Å²) in [5, 5.41) is 0. The maximum Gasteiger partial charge on any atom is 0.161 e. The Balaban J connectivity index is 1.84. The van der Waals surface area contributed by atoms with Crippen molar-refractivity contribution >= 4 is 0 Å². The maximum absolute atomic E-state index is 5.81. The number of rotatable bonds is 1. The summed E-state index contributed by atoms with van der Waals surface area (Å²) in [6, 6.07) is 6.41. The first-order valence-corrected chi connectivity index (χ1v) is 6.16. The number of hydrogen-bond donors (Lipinski definition) is 0. The second-order valence-corrected chi connectivity index (χ2v) is 4.71. The predicted molar refractivity (Wildman–Crippen MR) is 68.7 cm³/mol. The van der Waals surface area contributed by atoms with Crippen molar-refractivity contribution in [3.63, 3.8) is 0 Å². The molecule has 2 heteroatoms. The molecule has 0 atom stereocenters. The third kappa shape index (κ3) is 2.07. The number of aryl methyl sites for hydroxylation is 1. The SMILES string of the molecule is Cc1ccc2c(c1)CN(C1=CC=CCC1)CO2. The first kappa shape index (κ1) is 10.5. The smallest absolute Gasteiger partial charge is 0.161 e. The molecule has 0 fully saturated rings. The van der Waals surface area contributed by atoms with Gasteiger partial charge in [-0.2, -0.15) is 0 Å². The van der Waals surface area contributed by atoms with Gasteiger partial charge in [-0.25, -0.2) is 0 Å². The van der Waals surface area contributed by atoms with Crippen LogP contribution in [-0.2, 0) is 6.54 Å². The Morgan fingerprint density at radius 3 is 3.06 bits per heavy atom. The number of allylic oxidation sites excluding steroid dienone is 4. The minimum absolute atomic E-state index is 0.676. The van der Waals surface area contributed by atoms with Gasteiger partial charge < -0.3 is 9.64 Å². The number of ether oxygens (including phenoxy) is 1. The minimum Gasteiger partial charge on any atom is -0.473 e. The van der Waals surface area contributed by atoms with Crippen LogP contribution in [0.25, 0.3) is 0 Å². The van der Waals surface area contributed by atoms with Crippen molar-refractivity contribution in [1.82, 2.24) is 4.90 Å². The normalized spacial score (nSPS) is 18.4. The van der Waals surface area contributed by atoms with Crippen molar-refractivity contribution in [3.8, 4) is 5.75 Å². The van der Waals surface area contributed by atoms with E-state index in [-0.39, 0.29) is 0 Å². The summed E-state index contributed by atoms with van der Waals surface area (Å²) in [7, 11) is 0. The third-order valence-electron chi connectivity index (χ3n) is 3.35. The highest BCUT2D eigenvalue weighted by Crippen LogP contribution is 2.29. The predicted octanol–water partition coefficient (Wildman–Crippen LogP) is 3.38. The molecule has 3 rings (SSSR count). The van der Waals surface area contributed by atoms with E-state index in [1.807, 2.05) is 0 Å². The molecule has 17 heavy (non-hydrogen) atoms. The first-order valence-electron chi connectivity index (χ1n) is 6.16. The van der Waals surface area contributed by atoms with E-state index in [1.165, 1.54) is 16.8 Å². The van der Waals surface area contributed by atoms with Gasteiger partial charge in [-0.05, 0) is 31.9 Å². The van der Waals surface area contributed by atoms with Gasteiger partial charge in [0, 0.05) is 17.8 Å². The monoisotopic (exact) mass is 227 g/mol. The molecule has 1 aromatic carbocycles. The summed E-state index contributed by atoms with van der Waals surface area (Å²) < 4.78 is 5.81. The molecule has 0 N–H and O–H groups in total. The van der Waals surface area contributed by atoms with E-state index in [9.17, 15) is 0 Å².